The SMILES string of the molecule is CC(C)(C)OC(=O)NC(C(=O)ON1C(=O)c2ccccc2C1=O)c1ccc(C(C)(C)C)cc1. The molecule has 0 saturated carbocycles. The number of rotatable bonds is 4. The second-order valence-electron chi connectivity index (χ2n) is 9.81. The van der Waals surface area contributed by atoms with Crippen molar-refractivity contribution in [1.29, 1.82) is 0 Å². The predicted molar refractivity (Wildman–Crippen MR) is 120 cm³/mol. The van der Waals surface area contributed by atoms with E-state index in [9.17, 15) is 19.2 Å². The van der Waals surface area contributed by atoms with E-state index in [2.05, 4.69) is 26.1 Å². The molecule has 8 heteroatoms. The average molecular weight is 453 g/mol. The van der Waals surface area contributed by atoms with Crippen LogP contribution in [0.5, 0.6) is 0 Å². The number of benzene rings is 2. The molecule has 0 spiro atoms. The van der Waals surface area contributed by atoms with E-state index in [0.717, 1.165) is 5.56 Å². The summed E-state index contributed by atoms with van der Waals surface area (Å²) in [6.45, 7) is 11.2. The molecule has 0 radical (unpaired) electrons. The van der Waals surface area contributed by atoms with Gasteiger partial charge in [-0.1, -0.05) is 62.2 Å². The van der Waals surface area contributed by atoms with Crippen molar-refractivity contribution in [3.05, 3.63) is 70.8 Å². The van der Waals surface area contributed by atoms with E-state index < -0.39 is 35.5 Å². The van der Waals surface area contributed by atoms with Crippen molar-refractivity contribution in [1.82, 2.24) is 10.4 Å². The Morgan fingerprint density at radius 1 is 0.848 bits per heavy atom. The molecular formula is C25H28N2O6. The molecule has 0 saturated heterocycles. The van der Waals surface area contributed by atoms with Crippen molar-refractivity contribution >= 4 is 23.9 Å². The molecule has 0 aromatic heterocycles. The lowest BCUT2D eigenvalue weighted by Crippen LogP contribution is -2.42. The number of nitrogens with zero attached hydrogens (tertiary/aromatic N) is 1. The average Bonchev–Trinajstić information content (AvgIpc) is 2.95. The van der Waals surface area contributed by atoms with E-state index in [4.69, 9.17) is 9.57 Å². The third kappa shape index (κ3) is 5.39. The highest BCUT2D eigenvalue weighted by Gasteiger charge is 2.40. The van der Waals surface area contributed by atoms with Crippen molar-refractivity contribution in [2.24, 2.45) is 0 Å². The number of alkyl carbamates (subject to hydrolysis) is 1. The van der Waals surface area contributed by atoms with E-state index in [0.29, 0.717) is 10.6 Å². The highest BCUT2D eigenvalue weighted by molar-refractivity contribution is 6.20. The van der Waals surface area contributed by atoms with Gasteiger partial charge < -0.3 is 14.9 Å². The van der Waals surface area contributed by atoms with Gasteiger partial charge in [0, 0.05) is 0 Å². The van der Waals surface area contributed by atoms with Gasteiger partial charge in [0.25, 0.3) is 11.8 Å². The lowest BCUT2D eigenvalue weighted by atomic mass is 9.86. The van der Waals surface area contributed by atoms with E-state index in [1.807, 2.05) is 12.1 Å². The maximum Gasteiger partial charge on any atom is 0.408 e. The van der Waals surface area contributed by atoms with Crippen LogP contribution in [0.4, 0.5) is 4.79 Å². The van der Waals surface area contributed by atoms with Crippen molar-refractivity contribution < 1.29 is 28.8 Å². The van der Waals surface area contributed by atoms with Gasteiger partial charge in [-0.25, -0.2) is 9.59 Å². The normalized spacial score (nSPS) is 14.5. The molecule has 33 heavy (non-hydrogen) atoms. The zero-order chi connectivity index (χ0) is 24.6. The largest absolute Gasteiger partial charge is 0.444 e. The Labute approximate surface area is 192 Å². The Hall–Kier alpha value is -3.68. The number of carbonyl (C=O) groups is 4. The van der Waals surface area contributed by atoms with Crippen LogP contribution in [0.25, 0.3) is 0 Å². The molecule has 1 N–H and O–H groups in total. The molecule has 8 nitrogen and oxygen atoms in total. The first kappa shape index (κ1) is 24.0. The van der Waals surface area contributed by atoms with Crippen LogP contribution in [0, 0.1) is 0 Å². The van der Waals surface area contributed by atoms with Gasteiger partial charge in [-0.2, -0.15) is 0 Å². The molecule has 1 aliphatic heterocycles. The quantitative estimate of drug-likeness (QED) is 0.694. The van der Waals surface area contributed by atoms with Crippen LogP contribution in [0.3, 0.4) is 0 Å². The lowest BCUT2D eigenvalue weighted by Gasteiger charge is -2.25. The summed E-state index contributed by atoms with van der Waals surface area (Å²) in [4.78, 5) is 55.9. The van der Waals surface area contributed by atoms with Gasteiger partial charge >= 0.3 is 12.1 Å². The molecule has 0 aliphatic carbocycles. The maximum atomic E-state index is 13.1. The van der Waals surface area contributed by atoms with Crippen LogP contribution in [-0.2, 0) is 19.8 Å². The Bertz CT molecular complexity index is 1060. The predicted octanol–water partition coefficient (Wildman–Crippen LogP) is 4.30. The minimum absolute atomic E-state index is 0.118. The molecule has 1 heterocycles. The van der Waals surface area contributed by atoms with Gasteiger partial charge in [0.05, 0.1) is 11.1 Å². The number of amides is 3. The number of nitrogens with one attached hydrogen (secondary N) is 1. The second-order valence-corrected chi connectivity index (χ2v) is 9.81. The Balaban J connectivity index is 1.87. The molecule has 1 aliphatic rings. The number of hydrogen-bond donors (Lipinski definition) is 1. The van der Waals surface area contributed by atoms with Gasteiger partial charge in [0.2, 0.25) is 0 Å². The van der Waals surface area contributed by atoms with Crippen LogP contribution >= 0.6 is 0 Å². The molecule has 3 amide bonds. The minimum Gasteiger partial charge on any atom is -0.444 e. The van der Waals surface area contributed by atoms with Crippen molar-refractivity contribution in [2.45, 2.75) is 58.6 Å². The second kappa shape index (κ2) is 8.69. The van der Waals surface area contributed by atoms with Crippen LogP contribution < -0.4 is 5.32 Å². The number of hydroxylamine groups is 2. The summed E-state index contributed by atoms with van der Waals surface area (Å²) in [6, 6.07) is 11.9. The Morgan fingerprint density at radius 2 is 1.36 bits per heavy atom. The third-order valence-corrected chi connectivity index (χ3v) is 4.94. The highest BCUT2D eigenvalue weighted by atomic mass is 16.7. The molecule has 2 aromatic carbocycles. The molecule has 0 fully saturated rings. The van der Waals surface area contributed by atoms with E-state index >= 15 is 0 Å². The van der Waals surface area contributed by atoms with Crippen molar-refractivity contribution in [2.75, 3.05) is 0 Å². The molecule has 3 rings (SSSR count). The fourth-order valence-electron chi connectivity index (χ4n) is 3.27. The first-order valence-corrected chi connectivity index (χ1v) is 10.6. The lowest BCUT2D eigenvalue weighted by molar-refractivity contribution is -0.171. The number of imide groups is 1. The summed E-state index contributed by atoms with van der Waals surface area (Å²) in [6.07, 6.45) is -0.841. The third-order valence-electron chi connectivity index (χ3n) is 4.94. The highest BCUT2D eigenvalue weighted by Crippen LogP contribution is 2.27. The summed E-state index contributed by atoms with van der Waals surface area (Å²) < 4.78 is 5.28. The zero-order valence-corrected chi connectivity index (χ0v) is 19.6. The van der Waals surface area contributed by atoms with Crippen LogP contribution in [-0.4, -0.2) is 34.5 Å². The summed E-state index contributed by atoms with van der Waals surface area (Å²) in [7, 11) is 0. The fourth-order valence-corrected chi connectivity index (χ4v) is 3.27. The summed E-state index contributed by atoms with van der Waals surface area (Å²) in [5.41, 5.74) is 0.805. The van der Waals surface area contributed by atoms with E-state index in [1.54, 1.807) is 45.0 Å². The number of carbonyl (C=O) groups excluding carboxylic acids is 4. The molecule has 2 aromatic rings. The fraction of sp³-hybridized carbons (Fsp3) is 0.360. The smallest absolute Gasteiger partial charge is 0.408 e. The monoisotopic (exact) mass is 452 g/mol. The molecule has 1 atom stereocenters. The van der Waals surface area contributed by atoms with Crippen molar-refractivity contribution in [3.63, 3.8) is 0 Å². The molecule has 1 unspecified atom stereocenters. The van der Waals surface area contributed by atoms with Gasteiger partial charge in [-0.05, 0) is 49.4 Å². The summed E-state index contributed by atoms with van der Waals surface area (Å²) in [5.74, 6) is -2.50. The van der Waals surface area contributed by atoms with Gasteiger partial charge in [-0.15, -0.1) is 0 Å². The minimum atomic E-state index is -1.31. The summed E-state index contributed by atoms with van der Waals surface area (Å²) >= 11 is 0. The maximum absolute atomic E-state index is 13.1. The molecule has 174 valence electrons. The van der Waals surface area contributed by atoms with Gasteiger partial charge in [0.1, 0.15) is 5.60 Å². The first-order chi connectivity index (χ1) is 15.3. The number of ether oxygens (including phenoxy) is 1. The van der Waals surface area contributed by atoms with Gasteiger partial charge in [0.15, 0.2) is 6.04 Å². The van der Waals surface area contributed by atoms with Crippen LogP contribution in [0.15, 0.2) is 48.5 Å². The van der Waals surface area contributed by atoms with E-state index in [-0.39, 0.29) is 16.5 Å². The summed E-state index contributed by atoms with van der Waals surface area (Å²) in [5, 5.41) is 2.90. The Kier molecular flexibility index (Phi) is 6.31. The van der Waals surface area contributed by atoms with Gasteiger partial charge in [-0.3, -0.25) is 9.59 Å². The number of fused-ring (bicyclic) bond motifs is 1. The first-order valence-electron chi connectivity index (χ1n) is 10.6. The molecule has 0 bridgehead atoms. The zero-order valence-electron chi connectivity index (χ0n) is 19.6. The Morgan fingerprint density at radius 3 is 1.82 bits per heavy atom. The topological polar surface area (TPSA) is 102 Å². The van der Waals surface area contributed by atoms with Crippen LogP contribution in [0.2, 0.25) is 0 Å². The standard InChI is InChI=1S/C25H28N2O6/c1-24(2,3)16-13-11-15(12-14-16)19(26-23(31)32-25(4,5)6)22(30)33-27-20(28)17-9-7-8-10-18(17)21(27)29/h7-14,19H,1-6H3,(H,26,31). The van der Waals surface area contributed by atoms with Crippen molar-refractivity contribution in [3.8, 4) is 0 Å². The van der Waals surface area contributed by atoms with Crippen LogP contribution in [0.1, 0.15) is 79.4 Å². The molecular weight excluding hydrogens is 424 g/mol. The van der Waals surface area contributed by atoms with E-state index in [1.165, 1.54) is 12.1 Å². The number of hydrogen-bond acceptors (Lipinski definition) is 6.